The molecule has 3 fully saturated rings. The highest BCUT2D eigenvalue weighted by Gasteiger charge is 2.44. The molecule has 1 atom stereocenters. The van der Waals surface area contributed by atoms with Crippen LogP contribution in [-0.2, 0) is 11.8 Å². The third-order valence-corrected chi connectivity index (χ3v) is 6.42. The third-order valence-electron chi connectivity index (χ3n) is 5.97. The second-order valence-corrected chi connectivity index (χ2v) is 8.06. The zero-order valence-corrected chi connectivity index (χ0v) is 14.9. The molecule has 0 radical (unpaired) electrons. The molecule has 3 aliphatic rings. The topological polar surface area (TPSA) is 38.1 Å². The summed E-state index contributed by atoms with van der Waals surface area (Å²) >= 11 is 6.45. The molecule has 4 rings (SSSR count). The van der Waals surface area contributed by atoms with Crippen LogP contribution in [-0.4, -0.2) is 27.1 Å². The summed E-state index contributed by atoms with van der Waals surface area (Å²) in [5.41, 5.74) is 2.03. The molecule has 1 amide bonds. The van der Waals surface area contributed by atoms with Crippen LogP contribution in [0.4, 0.5) is 0 Å². The van der Waals surface area contributed by atoms with Gasteiger partial charge in [-0.2, -0.15) is 5.10 Å². The predicted octanol–water partition coefficient (Wildman–Crippen LogP) is 3.87. The number of rotatable bonds is 5. The van der Waals surface area contributed by atoms with Crippen LogP contribution < -0.4 is 0 Å². The molecule has 0 aromatic carbocycles. The van der Waals surface area contributed by atoms with Gasteiger partial charge in [0, 0.05) is 25.6 Å². The van der Waals surface area contributed by atoms with Crippen LogP contribution in [0.15, 0.2) is 0 Å². The Labute approximate surface area is 143 Å². The second-order valence-electron chi connectivity index (χ2n) is 7.70. The molecular formula is C18H26ClN3O. The molecule has 2 saturated carbocycles. The maximum Gasteiger partial charge on any atom is 0.223 e. The van der Waals surface area contributed by atoms with E-state index >= 15 is 0 Å². The summed E-state index contributed by atoms with van der Waals surface area (Å²) in [6.07, 6.45) is 8.19. The van der Waals surface area contributed by atoms with Gasteiger partial charge in [0.2, 0.25) is 5.91 Å². The van der Waals surface area contributed by atoms with E-state index < -0.39 is 0 Å². The quantitative estimate of drug-likeness (QED) is 0.819. The van der Waals surface area contributed by atoms with Crippen molar-refractivity contribution in [1.82, 2.24) is 14.7 Å². The minimum atomic E-state index is 0.128. The highest BCUT2D eigenvalue weighted by Crippen LogP contribution is 2.51. The monoisotopic (exact) mass is 335 g/mol. The van der Waals surface area contributed by atoms with Gasteiger partial charge in [-0.05, 0) is 63.2 Å². The van der Waals surface area contributed by atoms with E-state index in [1.165, 1.54) is 25.7 Å². The summed E-state index contributed by atoms with van der Waals surface area (Å²) in [6.45, 7) is 2.87. The molecule has 126 valence electrons. The average molecular weight is 336 g/mol. The lowest BCUT2D eigenvalue weighted by Gasteiger charge is -2.27. The smallest absolute Gasteiger partial charge is 0.223 e. The van der Waals surface area contributed by atoms with E-state index in [0.29, 0.717) is 17.0 Å². The van der Waals surface area contributed by atoms with Gasteiger partial charge in [0.1, 0.15) is 5.15 Å². The number of hydrogen-bond acceptors (Lipinski definition) is 2. The van der Waals surface area contributed by atoms with E-state index in [1.807, 2.05) is 14.0 Å². The first-order valence-corrected chi connectivity index (χ1v) is 9.42. The van der Waals surface area contributed by atoms with Crippen LogP contribution in [0, 0.1) is 24.7 Å². The van der Waals surface area contributed by atoms with Gasteiger partial charge in [-0.1, -0.05) is 11.6 Å². The molecule has 5 heteroatoms. The lowest BCUT2D eigenvalue weighted by molar-refractivity contribution is -0.133. The highest BCUT2D eigenvalue weighted by atomic mass is 35.5. The van der Waals surface area contributed by atoms with Gasteiger partial charge in [-0.3, -0.25) is 9.48 Å². The van der Waals surface area contributed by atoms with Gasteiger partial charge in [-0.25, -0.2) is 0 Å². The molecule has 1 unspecified atom stereocenters. The Balaban J connectivity index is 1.51. The molecule has 1 aromatic rings. The summed E-state index contributed by atoms with van der Waals surface area (Å²) in [5, 5.41) is 5.12. The van der Waals surface area contributed by atoms with E-state index in [4.69, 9.17) is 11.6 Å². The first-order valence-electron chi connectivity index (χ1n) is 9.04. The van der Waals surface area contributed by atoms with Crippen molar-refractivity contribution in [2.75, 3.05) is 6.54 Å². The largest absolute Gasteiger partial charge is 0.335 e. The Morgan fingerprint density at radius 3 is 2.43 bits per heavy atom. The van der Waals surface area contributed by atoms with Crippen LogP contribution in [0.25, 0.3) is 0 Å². The van der Waals surface area contributed by atoms with Crippen molar-refractivity contribution in [3.8, 4) is 0 Å². The summed E-state index contributed by atoms with van der Waals surface area (Å²) in [7, 11) is 1.87. The minimum Gasteiger partial charge on any atom is -0.335 e. The van der Waals surface area contributed by atoms with Gasteiger partial charge in [0.05, 0.1) is 11.7 Å². The first kappa shape index (κ1) is 15.5. The van der Waals surface area contributed by atoms with Gasteiger partial charge >= 0.3 is 0 Å². The molecule has 1 aromatic heterocycles. The van der Waals surface area contributed by atoms with E-state index in [9.17, 15) is 4.79 Å². The van der Waals surface area contributed by atoms with Crippen LogP contribution in [0.5, 0.6) is 0 Å². The molecule has 1 saturated heterocycles. The lowest BCUT2D eigenvalue weighted by Crippen LogP contribution is -2.33. The fourth-order valence-corrected chi connectivity index (χ4v) is 4.78. The Kier molecular flexibility index (Phi) is 3.91. The standard InChI is InChI=1S/C18H26ClN3O/c1-11-17(18(19)21(2)20-11)15-4-3-9-22(15)16(23)10-14(12-5-6-12)13-7-8-13/h12-15H,3-10H2,1-2H3. The van der Waals surface area contributed by atoms with Gasteiger partial charge in [-0.15, -0.1) is 0 Å². The van der Waals surface area contributed by atoms with E-state index in [-0.39, 0.29) is 6.04 Å². The molecule has 0 N–H and O–H groups in total. The van der Waals surface area contributed by atoms with Gasteiger partial charge in [0.25, 0.3) is 0 Å². The number of aromatic nitrogens is 2. The number of carbonyl (C=O) groups excluding carboxylic acids is 1. The number of amides is 1. The predicted molar refractivity (Wildman–Crippen MR) is 90.2 cm³/mol. The molecule has 2 heterocycles. The molecule has 0 bridgehead atoms. The Morgan fingerprint density at radius 2 is 1.91 bits per heavy atom. The van der Waals surface area contributed by atoms with Crippen LogP contribution >= 0.6 is 11.6 Å². The van der Waals surface area contributed by atoms with Crippen LogP contribution in [0.2, 0.25) is 5.15 Å². The summed E-state index contributed by atoms with van der Waals surface area (Å²) < 4.78 is 1.73. The van der Waals surface area contributed by atoms with Crippen LogP contribution in [0.1, 0.15) is 62.2 Å². The van der Waals surface area contributed by atoms with E-state index in [0.717, 1.165) is 48.9 Å². The van der Waals surface area contributed by atoms with Crippen molar-refractivity contribution in [2.24, 2.45) is 24.8 Å². The maximum absolute atomic E-state index is 13.0. The number of carbonyl (C=O) groups is 1. The van der Waals surface area contributed by atoms with E-state index in [1.54, 1.807) is 4.68 Å². The summed E-state index contributed by atoms with van der Waals surface area (Å²) in [6, 6.07) is 0.128. The van der Waals surface area contributed by atoms with E-state index in [2.05, 4.69) is 10.00 Å². The Bertz CT molecular complexity index is 606. The summed E-state index contributed by atoms with van der Waals surface area (Å²) in [4.78, 5) is 15.1. The van der Waals surface area contributed by atoms with Crippen molar-refractivity contribution < 1.29 is 4.79 Å². The van der Waals surface area contributed by atoms with Gasteiger partial charge in [0.15, 0.2) is 0 Å². The maximum atomic E-state index is 13.0. The normalized spacial score (nSPS) is 24.7. The van der Waals surface area contributed by atoms with Gasteiger partial charge < -0.3 is 4.90 Å². The molecule has 2 aliphatic carbocycles. The van der Waals surface area contributed by atoms with Crippen molar-refractivity contribution in [1.29, 1.82) is 0 Å². The third kappa shape index (κ3) is 2.90. The average Bonchev–Trinajstić information content (AvgIpc) is 3.42. The summed E-state index contributed by atoms with van der Waals surface area (Å²) in [5.74, 6) is 2.65. The number of aryl methyl sites for hydroxylation is 2. The molecule has 4 nitrogen and oxygen atoms in total. The minimum absolute atomic E-state index is 0.128. The lowest BCUT2D eigenvalue weighted by atomic mass is 9.93. The molecular weight excluding hydrogens is 310 g/mol. The van der Waals surface area contributed by atoms with Crippen molar-refractivity contribution >= 4 is 17.5 Å². The fourth-order valence-electron chi connectivity index (χ4n) is 4.48. The highest BCUT2D eigenvalue weighted by molar-refractivity contribution is 6.30. The molecule has 0 spiro atoms. The zero-order valence-electron chi connectivity index (χ0n) is 14.1. The number of nitrogens with zero attached hydrogens (tertiary/aromatic N) is 3. The Morgan fingerprint density at radius 1 is 1.26 bits per heavy atom. The van der Waals surface area contributed by atoms with Crippen molar-refractivity contribution in [2.45, 2.75) is 57.9 Å². The fraction of sp³-hybridized carbons (Fsp3) is 0.778. The number of halogens is 1. The second kappa shape index (κ2) is 5.80. The number of likely N-dealkylation sites (tertiary alicyclic amines) is 1. The SMILES string of the molecule is Cc1nn(C)c(Cl)c1C1CCCN1C(=O)CC(C1CC1)C1CC1. The van der Waals surface area contributed by atoms with Crippen molar-refractivity contribution in [3.05, 3.63) is 16.4 Å². The molecule has 23 heavy (non-hydrogen) atoms. The van der Waals surface area contributed by atoms with Crippen LogP contribution in [0.3, 0.4) is 0 Å². The number of hydrogen-bond donors (Lipinski definition) is 0. The zero-order chi connectivity index (χ0) is 16.1. The first-order chi connectivity index (χ1) is 11.1. The Hall–Kier alpha value is -1.03. The van der Waals surface area contributed by atoms with Crippen molar-refractivity contribution in [3.63, 3.8) is 0 Å². The molecule has 1 aliphatic heterocycles.